The van der Waals surface area contributed by atoms with Crippen LogP contribution in [-0.2, 0) is 4.74 Å². The second-order valence-corrected chi connectivity index (χ2v) is 5.08. The lowest BCUT2D eigenvalue weighted by molar-refractivity contribution is 0.0850. The summed E-state index contributed by atoms with van der Waals surface area (Å²) in [6, 6.07) is 0. The van der Waals surface area contributed by atoms with Crippen LogP contribution in [0.4, 0.5) is 0 Å². The number of rotatable bonds is 7. The minimum absolute atomic E-state index is 0.414. The first kappa shape index (κ1) is 13.4. The SMILES string of the molecule is CCC(C)(CBr)CCOCC(C)C. The fraction of sp³-hybridized carbons (Fsp3) is 1.00. The summed E-state index contributed by atoms with van der Waals surface area (Å²) in [4.78, 5) is 0. The number of ether oxygens (including phenoxy) is 1. The highest BCUT2D eigenvalue weighted by Crippen LogP contribution is 2.27. The maximum Gasteiger partial charge on any atom is 0.0488 e. The topological polar surface area (TPSA) is 9.23 Å². The van der Waals surface area contributed by atoms with Crippen molar-refractivity contribution in [2.24, 2.45) is 11.3 Å². The first-order valence-corrected chi connectivity index (χ1v) is 6.30. The van der Waals surface area contributed by atoms with Gasteiger partial charge in [0, 0.05) is 18.5 Å². The second kappa shape index (κ2) is 6.83. The summed E-state index contributed by atoms with van der Waals surface area (Å²) >= 11 is 3.56. The van der Waals surface area contributed by atoms with Crippen molar-refractivity contribution in [1.29, 1.82) is 0 Å². The van der Waals surface area contributed by atoms with E-state index in [0.29, 0.717) is 11.3 Å². The Morgan fingerprint density at radius 1 is 1.38 bits per heavy atom. The molecule has 0 N–H and O–H groups in total. The Morgan fingerprint density at radius 2 is 2.00 bits per heavy atom. The maximum absolute atomic E-state index is 5.57. The van der Waals surface area contributed by atoms with Gasteiger partial charge in [-0.15, -0.1) is 0 Å². The van der Waals surface area contributed by atoms with Gasteiger partial charge >= 0.3 is 0 Å². The van der Waals surface area contributed by atoms with Crippen molar-refractivity contribution >= 4 is 15.9 Å². The number of alkyl halides is 1. The fourth-order valence-electron chi connectivity index (χ4n) is 0.976. The van der Waals surface area contributed by atoms with Gasteiger partial charge in [0.2, 0.25) is 0 Å². The molecule has 0 heterocycles. The molecule has 0 bridgehead atoms. The van der Waals surface area contributed by atoms with E-state index >= 15 is 0 Å². The van der Waals surface area contributed by atoms with Crippen molar-refractivity contribution in [3.05, 3.63) is 0 Å². The van der Waals surface area contributed by atoms with Gasteiger partial charge in [-0.1, -0.05) is 43.6 Å². The molecule has 0 radical (unpaired) electrons. The Balaban J connectivity index is 3.50. The Morgan fingerprint density at radius 3 is 2.38 bits per heavy atom. The highest BCUT2D eigenvalue weighted by Gasteiger charge is 2.19. The largest absolute Gasteiger partial charge is 0.381 e. The van der Waals surface area contributed by atoms with Gasteiger partial charge in [-0.25, -0.2) is 0 Å². The van der Waals surface area contributed by atoms with Crippen LogP contribution in [0.3, 0.4) is 0 Å². The normalized spacial score (nSPS) is 16.2. The van der Waals surface area contributed by atoms with Crippen molar-refractivity contribution in [3.8, 4) is 0 Å². The van der Waals surface area contributed by atoms with Gasteiger partial charge in [0.05, 0.1) is 0 Å². The third-order valence-corrected chi connectivity index (χ3v) is 3.83. The molecule has 1 unspecified atom stereocenters. The van der Waals surface area contributed by atoms with Crippen molar-refractivity contribution < 1.29 is 4.74 Å². The zero-order chi connectivity index (χ0) is 10.3. The van der Waals surface area contributed by atoms with Crippen molar-refractivity contribution in [1.82, 2.24) is 0 Å². The van der Waals surface area contributed by atoms with Crippen LogP contribution < -0.4 is 0 Å². The monoisotopic (exact) mass is 250 g/mol. The van der Waals surface area contributed by atoms with Gasteiger partial charge in [-0.2, -0.15) is 0 Å². The molecular weight excluding hydrogens is 228 g/mol. The number of hydrogen-bond acceptors (Lipinski definition) is 1. The van der Waals surface area contributed by atoms with Gasteiger partial charge < -0.3 is 4.74 Å². The maximum atomic E-state index is 5.57. The van der Waals surface area contributed by atoms with Crippen molar-refractivity contribution in [2.75, 3.05) is 18.5 Å². The average Bonchev–Trinajstić information content (AvgIpc) is 2.12. The Bertz CT molecular complexity index is 119. The summed E-state index contributed by atoms with van der Waals surface area (Å²) in [5, 5.41) is 1.07. The zero-order valence-corrected chi connectivity index (χ0v) is 11.0. The van der Waals surface area contributed by atoms with E-state index in [1.54, 1.807) is 0 Å². The molecule has 0 aliphatic rings. The van der Waals surface area contributed by atoms with E-state index in [1.807, 2.05) is 0 Å². The van der Waals surface area contributed by atoms with E-state index in [2.05, 4.69) is 43.6 Å². The predicted molar refractivity (Wildman–Crippen MR) is 62.5 cm³/mol. The summed E-state index contributed by atoms with van der Waals surface area (Å²) in [6.45, 7) is 10.7. The van der Waals surface area contributed by atoms with E-state index < -0.39 is 0 Å². The summed E-state index contributed by atoms with van der Waals surface area (Å²) in [5.41, 5.74) is 0.414. The summed E-state index contributed by atoms with van der Waals surface area (Å²) in [6.07, 6.45) is 2.37. The molecule has 0 fully saturated rings. The van der Waals surface area contributed by atoms with Gasteiger partial charge in [0.15, 0.2) is 0 Å². The highest BCUT2D eigenvalue weighted by molar-refractivity contribution is 9.09. The molecule has 0 rings (SSSR count). The van der Waals surface area contributed by atoms with E-state index in [0.717, 1.165) is 25.0 Å². The third-order valence-electron chi connectivity index (χ3n) is 2.48. The molecule has 0 aromatic rings. The van der Waals surface area contributed by atoms with E-state index in [4.69, 9.17) is 4.74 Å². The van der Waals surface area contributed by atoms with Crippen molar-refractivity contribution in [2.45, 2.75) is 40.5 Å². The lowest BCUT2D eigenvalue weighted by Gasteiger charge is -2.25. The molecule has 1 atom stereocenters. The van der Waals surface area contributed by atoms with Crippen LogP contribution in [0.5, 0.6) is 0 Å². The third kappa shape index (κ3) is 6.50. The Labute approximate surface area is 91.4 Å². The standard InChI is InChI=1S/C11H23BrO/c1-5-11(4,9-12)6-7-13-8-10(2)3/h10H,5-9H2,1-4H3. The second-order valence-electron chi connectivity index (χ2n) is 4.52. The van der Waals surface area contributed by atoms with Crippen LogP contribution in [0.15, 0.2) is 0 Å². The zero-order valence-electron chi connectivity index (χ0n) is 9.40. The lowest BCUT2D eigenvalue weighted by atomic mass is 9.87. The smallest absolute Gasteiger partial charge is 0.0488 e. The molecule has 0 spiro atoms. The van der Waals surface area contributed by atoms with E-state index in [-0.39, 0.29) is 0 Å². The van der Waals surface area contributed by atoms with E-state index in [1.165, 1.54) is 6.42 Å². The highest BCUT2D eigenvalue weighted by atomic mass is 79.9. The quantitative estimate of drug-likeness (QED) is 0.493. The molecule has 80 valence electrons. The number of hydrogen-bond donors (Lipinski definition) is 0. The molecule has 0 amide bonds. The van der Waals surface area contributed by atoms with Gasteiger partial charge in [-0.05, 0) is 24.2 Å². The van der Waals surface area contributed by atoms with Crippen LogP contribution in [0.1, 0.15) is 40.5 Å². The van der Waals surface area contributed by atoms with Crippen LogP contribution in [0.2, 0.25) is 0 Å². The molecule has 0 saturated heterocycles. The van der Waals surface area contributed by atoms with E-state index in [9.17, 15) is 0 Å². The lowest BCUT2D eigenvalue weighted by Crippen LogP contribution is -2.20. The molecule has 1 nitrogen and oxygen atoms in total. The van der Waals surface area contributed by atoms with Crippen LogP contribution in [-0.4, -0.2) is 18.5 Å². The summed E-state index contributed by atoms with van der Waals surface area (Å²) in [5.74, 6) is 0.650. The Kier molecular flexibility index (Phi) is 7.06. The van der Waals surface area contributed by atoms with Crippen LogP contribution in [0, 0.1) is 11.3 Å². The molecule has 0 aromatic carbocycles. The summed E-state index contributed by atoms with van der Waals surface area (Å²) < 4.78 is 5.57. The molecule has 0 aromatic heterocycles. The first-order chi connectivity index (χ1) is 6.04. The molecular formula is C11H23BrO. The van der Waals surface area contributed by atoms with Gasteiger partial charge in [0.25, 0.3) is 0 Å². The molecule has 0 aliphatic carbocycles. The molecule has 13 heavy (non-hydrogen) atoms. The predicted octanol–water partition coefficient (Wildman–Crippen LogP) is 3.86. The fourth-order valence-corrected chi connectivity index (χ4v) is 1.65. The Hall–Kier alpha value is 0.440. The van der Waals surface area contributed by atoms with Crippen molar-refractivity contribution in [3.63, 3.8) is 0 Å². The molecule has 0 aliphatic heterocycles. The average molecular weight is 251 g/mol. The number of halogens is 1. The molecule has 0 saturated carbocycles. The summed E-state index contributed by atoms with van der Waals surface area (Å²) in [7, 11) is 0. The van der Waals surface area contributed by atoms with Gasteiger partial charge in [0.1, 0.15) is 0 Å². The minimum Gasteiger partial charge on any atom is -0.381 e. The van der Waals surface area contributed by atoms with Gasteiger partial charge in [-0.3, -0.25) is 0 Å². The molecule has 2 heteroatoms. The first-order valence-electron chi connectivity index (χ1n) is 5.18. The minimum atomic E-state index is 0.414. The van der Waals surface area contributed by atoms with Crippen LogP contribution >= 0.6 is 15.9 Å². The van der Waals surface area contributed by atoms with Crippen LogP contribution in [0.25, 0.3) is 0 Å².